The van der Waals surface area contributed by atoms with E-state index in [1.807, 2.05) is 26.1 Å². The summed E-state index contributed by atoms with van der Waals surface area (Å²) in [7, 11) is 1.81. The second-order valence-corrected chi connectivity index (χ2v) is 6.43. The predicted octanol–water partition coefficient (Wildman–Crippen LogP) is 2.50. The second-order valence-electron chi connectivity index (χ2n) is 6.43. The molecule has 0 bridgehead atoms. The van der Waals surface area contributed by atoms with Crippen molar-refractivity contribution in [3.8, 4) is 11.5 Å². The van der Waals surface area contributed by atoms with Gasteiger partial charge in [-0.25, -0.2) is 0 Å². The largest absolute Gasteiger partial charge is 0.345 e. The molecule has 25 heavy (non-hydrogen) atoms. The fourth-order valence-electron chi connectivity index (χ4n) is 3.37. The molecule has 1 unspecified atom stereocenters. The van der Waals surface area contributed by atoms with Crippen molar-refractivity contribution < 1.29 is 9.32 Å². The Hall–Kier alpha value is -2.96. The monoisotopic (exact) mass is 337 g/mol. The Morgan fingerprint density at radius 2 is 2.20 bits per heavy atom. The SMILES string of the molecule is Cc1noc(-c2ccc3c(c2)CCC3NC(=O)c2cn(C)nc2C)n1. The molecule has 0 saturated carbocycles. The van der Waals surface area contributed by atoms with Gasteiger partial charge in [0.05, 0.1) is 17.3 Å². The molecule has 1 aliphatic carbocycles. The van der Waals surface area contributed by atoms with Crippen molar-refractivity contribution in [2.75, 3.05) is 0 Å². The van der Waals surface area contributed by atoms with Crippen molar-refractivity contribution in [2.24, 2.45) is 7.05 Å². The molecule has 1 atom stereocenters. The first-order chi connectivity index (χ1) is 12.0. The number of amides is 1. The van der Waals surface area contributed by atoms with Crippen molar-refractivity contribution in [3.63, 3.8) is 0 Å². The number of hydrogen-bond donors (Lipinski definition) is 1. The number of carbonyl (C=O) groups excluding carboxylic acids is 1. The molecule has 7 nitrogen and oxygen atoms in total. The fourth-order valence-corrected chi connectivity index (χ4v) is 3.37. The second kappa shape index (κ2) is 5.84. The molecule has 0 spiro atoms. The number of rotatable bonds is 3. The van der Waals surface area contributed by atoms with E-state index in [1.165, 1.54) is 5.56 Å². The zero-order chi connectivity index (χ0) is 17.6. The summed E-state index contributed by atoms with van der Waals surface area (Å²) in [4.78, 5) is 16.8. The summed E-state index contributed by atoms with van der Waals surface area (Å²) >= 11 is 0. The summed E-state index contributed by atoms with van der Waals surface area (Å²) in [6, 6.07) is 6.09. The molecule has 0 aliphatic heterocycles. The molecule has 0 fully saturated rings. The van der Waals surface area contributed by atoms with Crippen LogP contribution in [-0.2, 0) is 13.5 Å². The van der Waals surface area contributed by atoms with Crippen molar-refractivity contribution in [1.29, 1.82) is 0 Å². The quantitative estimate of drug-likeness (QED) is 0.793. The Morgan fingerprint density at radius 3 is 2.88 bits per heavy atom. The van der Waals surface area contributed by atoms with Crippen LogP contribution in [0.25, 0.3) is 11.5 Å². The van der Waals surface area contributed by atoms with Crippen LogP contribution in [0.5, 0.6) is 0 Å². The fraction of sp³-hybridized carbons (Fsp3) is 0.333. The lowest BCUT2D eigenvalue weighted by Gasteiger charge is -2.14. The molecule has 3 aromatic rings. The molecule has 4 rings (SSSR count). The van der Waals surface area contributed by atoms with Crippen molar-refractivity contribution >= 4 is 5.91 Å². The van der Waals surface area contributed by atoms with Crippen LogP contribution in [0.15, 0.2) is 28.9 Å². The molecule has 128 valence electrons. The highest BCUT2D eigenvalue weighted by Gasteiger charge is 2.26. The predicted molar refractivity (Wildman–Crippen MR) is 90.9 cm³/mol. The lowest BCUT2D eigenvalue weighted by molar-refractivity contribution is 0.0936. The zero-order valence-electron chi connectivity index (χ0n) is 14.4. The summed E-state index contributed by atoms with van der Waals surface area (Å²) < 4.78 is 6.89. The normalized spacial score (nSPS) is 16.0. The summed E-state index contributed by atoms with van der Waals surface area (Å²) in [6.45, 7) is 3.64. The highest BCUT2D eigenvalue weighted by molar-refractivity contribution is 5.95. The van der Waals surface area contributed by atoms with Crippen LogP contribution in [0.4, 0.5) is 0 Å². The third-order valence-electron chi connectivity index (χ3n) is 4.56. The molecule has 2 aromatic heterocycles. The molecule has 0 radical (unpaired) electrons. The van der Waals surface area contributed by atoms with Crippen molar-refractivity contribution in [1.82, 2.24) is 25.2 Å². The minimum absolute atomic E-state index is 0.0144. The van der Waals surface area contributed by atoms with Gasteiger partial charge in [0.15, 0.2) is 5.82 Å². The first-order valence-corrected chi connectivity index (χ1v) is 8.26. The van der Waals surface area contributed by atoms with Gasteiger partial charge >= 0.3 is 0 Å². The van der Waals surface area contributed by atoms with Gasteiger partial charge in [-0.15, -0.1) is 0 Å². The van der Waals surface area contributed by atoms with Crippen molar-refractivity contribution in [3.05, 3.63) is 52.6 Å². The third-order valence-corrected chi connectivity index (χ3v) is 4.56. The summed E-state index contributed by atoms with van der Waals surface area (Å²) in [5.41, 5.74) is 4.63. The number of nitrogens with zero attached hydrogens (tertiary/aromatic N) is 4. The standard InChI is InChI=1S/C18H19N5O2/c1-10-15(9-23(3)21-10)17(24)20-16-7-5-12-8-13(4-6-14(12)16)18-19-11(2)22-25-18/h4,6,8-9,16H,5,7H2,1-3H3,(H,20,24). The Kier molecular flexibility index (Phi) is 3.63. The minimum atomic E-state index is -0.0833. The van der Waals surface area contributed by atoms with E-state index >= 15 is 0 Å². The van der Waals surface area contributed by atoms with Gasteiger partial charge < -0.3 is 9.84 Å². The molecule has 1 aromatic carbocycles. The molecular formula is C18H19N5O2. The van der Waals surface area contributed by atoms with E-state index in [0.29, 0.717) is 17.3 Å². The van der Waals surface area contributed by atoms with E-state index in [-0.39, 0.29) is 11.9 Å². The Labute approximate surface area is 145 Å². The van der Waals surface area contributed by atoms with Gasteiger partial charge in [0.2, 0.25) is 0 Å². The maximum Gasteiger partial charge on any atom is 0.257 e. The topological polar surface area (TPSA) is 85.8 Å². The van der Waals surface area contributed by atoms with E-state index in [1.54, 1.807) is 17.8 Å². The van der Waals surface area contributed by atoms with Crippen molar-refractivity contribution in [2.45, 2.75) is 32.7 Å². The van der Waals surface area contributed by atoms with Crippen LogP contribution >= 0.6 is 0 Å². The van der Waals surface area contributed by atoms with Gasteiger partial charge in [0, 0.05) is 18.8 Å². The Morgan fingerprint density at radius 1 is 1.36 bits per heavy atom. The van der Waals surface area contributed by atoms with Crippen LogP contribution in [-0.4, -0.2) is 25.8 Å². The molecule has 1 N–H and O–H groups in total. The molecule has 0 saturated heterocycles. The first kappa shape index (κ1) is 15.6. The van der Waals surface area contributed by atoms with E-state index in [4.69, 9.17) is 4.52 Å². The van der Waals surface area contributed by atoms with Gasteiger partial charge in [-0.3, -0.25) is 9.48 Å². The highest BCUT2D eigenvalue weighted by Crippen LogP contribution is 2.34. The minimum Gasteiger partial charge on any atom is -0.345 e. The van der Waals surface area contributed by atoms with E-state index < -0.39 is 0 Å². The highest BCUT2D eigenvalue weighted by atomic mass is 16.5. The molecule has 1 amide bonds. The summed E-state index contributed by atoms with van der Waals surface area (Å²) in [5.74, 6) is 1.06. The molecule has 7 heteroatoms. The number of aryl methyl sites for hydroxylation is 4. The van der Waals surface area contributed by atoms with Crippen LogP contribution in [0.2, 0.25) is 0 Å². The van der Waals surface area contributed by atoms with E-state index in [2.05, 4.69) is 26.6 Å². The number of hydrogen-bond acceptors (Lipinski definition) is 5. The lowest BCUT2D eigenvalue weighted by atomic mass is 10.0. The number of fused-ring (bicyclic) bond motifs is 1. The maximum atomic E-state index is 12.5. The van der Waals surface area contributed by atoms with E-state index in [9.17, 15) is 4.79 Å². The average molecular weight is 337 g/mol. The van der Waals surface area contributed by atoms with Gasteiger partial charge in [-0.2, -0.15) is 10.1 Å². The number of aromatic nitrogens is 4. The lowest BCUT2D eigenvalue weighted by Crippen LogP contribution is -2.27. The Balaban J connectivity index is 1.56. The van der Waals surface area contributed by atoms with Crippen LogP contribution in [0.3, 0.4) is 0 Å². The van der Waals surface area contributed by atoms with Gasteiger partial charge in [0.1, 0.15) is 0 Å². The smallest absolute Gasteiger partial charge is 0.257 e. The van der Waals surface area contributed by atoms with Crippen LogP contribution < -0.4 is 5.32 Å². The first-order valence-electron chi connectivity index (χ1n) is 8.26. The van der Waals surface area contributed by atoms with Crippen LogP contribution in [0.1, 0.15) is 45.5 Å². The molecular weight excluding hydrogens is 318 g/mol. The zero-order valence-corrected chi connectivity index (χ0v) is 14.4. The summed E-state index contributed by atoms with van der Waals surface area (Å²) in [6.07, 6.45) is 3.54. The maximum absolute atomic E-state index is 12.5. The third kappa shape index (κ3) is 2.82. The average Bonchev–Trinajstić information content (AvgIpc) is 3.26. The van der Waals surface area contributed by atoms with E-state index in [0.717, 1.165) is 29.7 Å². The van der Waals surface area contributed by atoms with Gasteiger partial charge in [-0.05, 0) is 49.9 Å². The Bertz CT molecular complexity index is 956. The van der Waals surface area contributed by atoms with Crippen LogP contribution in [0, 0.1) is 13.8 Å². The van der Waals surface area contributed by atoms with Gasteiger partial charge in [-0.1, -0.05) is 11.2 Å². The number of benzene rings is 1. The molecule has 1 aliphatic rings. The number of carbonyl (C=O) groups is 1. The summed E-state index contributed by atoms with van der Waals surface area (Å²) in [5, 5.41) is 11.2. The molecule has 2 heterocycles. The van der Waals surface area contributed by atoms with Gasteiger partial charge in [0.25, 0.3) is 11.8 Å². The number of nitrogens with one attached hydrogen (secondary N) is 1.